The van der Waals surface area contributed by atoms with Crippen LogP contribution < -0.4 is 16.8 Å². The quantitative estimate of drug-likeness (QED) is 0.410. The normalized spacial score (nSPS) is 20.2. The minimum atomic E-state index is -0.736. The summed E-state index contributed by atoms with van der Waals surface area (Å²) < 4.78 is 14.3. The summed E-state index contributed by atoms with van der Waals surface area (Å²) in [6, 6.07) is 4.69. The summed E-state index contributed by atoms with van der Waals surface area (Å²) >= 11 is 1.04. The van der Waals surface area contributed by atoms with Crippen molar-refractivity contribution in [3.8, 4) is 10.6 Å². The van der Waals surface area contributed by atoms with Gasteiger partial charge in [0.05, 0.1) is 11.3 Å². The molecule has 0 radical (unpaired) electrons. The summed E-state index contributed by atoms with van der Waals surface area (Å²) in [6.45, 7) is 4.91. The number of thiazole rings is 1. The van der Waals surface area contributed by atoms with E-state index in [1.165, 1.54) is 12.3 Å². The van der Waals surface area contributed by atoms with Crippen molar-refractivity contribution in [1.82, 2.24) is 15.2 Å². The number of nitrogen functional groups attached to an aromatic ring is 1. The van der Waals surface area contributed by atoms with Crippen LogP contribution in [-0.4, -0.2) is 52.5 Å². The Kier molecular flexibility index (Phi) is 7.15. The van der Waals surface area contributed by atoms with Crippen molar-refractivity contribution in [2.75, 3.05) is 25.9 Å². The van der Waals surface area contributed by atoms with Crippen LogP contribution in [-0.2, 0) is 0 Å². The molecule has 0 bridgehead atoms. The first kappa shape index (κ1) is 23.7. The second-order valence-corrected chi connectivity index (χ2v) is 9.17. The van der Waals surface area contributed by atoms with E-state index in [2.05, 4.69) is 15.3 Å². The zero-order chi connectivity index (χ0) is 23.5. The molecule has 1 fully saturated rings. The van der Waals surface area contributed by atoms with Crippen molar-refractivity contribution in [2.24, 2.45) is 10.7 Å². The van der Waals surface area contributed by atoms with Crippen LogP contribution >= 0.6 is 11.3 Å². The Balaban J connectivity index is 1.81. The summed E-state index contributed by atoms with van der Waals surface area (Å²) in [5, 5.41) is 13.6. The average Bonchev–Trinajstić information content (AvgIpc) is 3.04. The molecule has 1 aliphatic rings. The van der Waals surface area contributed by atoms with E-state index in [1.807, 2.05) is 18.7 Å². The predicted molar refractivity (Wildman–Crippen MR) is 126 cm³/mol. The maximum Gasteiger partial charge on any atom is 0.277 e. The Morgan fingerprint density at radius 2 is 2.16 bits per heavy atom. The Morgan fingerprint density at radius 3 is 2.84 bits per heavy atom. The van der Waals surface area contributed by atoms with E-state index >= 15 is 0 Å². The van der Waals surface area contributed by atoms with Crippen molar-refractivity contribution in [2.45, 2.75) is 38.7 Å². The van der Waals surface area contributed by atoms with Crippen molar-refractivity contribution in [3.63, 3.8) is 0 Å². The largest absolute Gasteiger partial charge is 0.403 e. The van der Waals surface area contributed by atoms with Gasteiger partial charge in [-0.15, -0.1) is 0 Å². The van der Waals surface area contributed by atoms with Gasteiger partial charge in [0.1, 0.15) is 21.7 Å². The number of aromatic nitrogens is 1. The molecule has 0 aliphatic carbocycles. The van der Waals surface area contributed by atoms with E-state index in [9.17, 15) is 14.3 Å². The molecule has 8 nitrogen and oxygen atoms in total. The molecule has 1 amide bonds. The van der Waals surface area contributed by atoms with Gasteiger partial charge in [0.25, 0.3) is 5.91 Å². The van der Waals surface area contributed by atoms with Crippen LogP contribution in [0, 0.1) is 12.7 Å². The second kappa shape index (κ2) is 9.66. The molecule has 32 heavy (non-hydrogen) atoms. The molecular formula is C22H29FN6O2S. The summed E-state index contributed by atoms with van der Waals surface area (Å²) in [4.78, 5) is 23.5. The number of likely N-dealkylation sites (tertiary alicyclic amines) is 1. The summed E-state index contributed by atoms with van der Waals surface area (Å²) in [5.74, 6) is -0.480. The van der Waals surface area contributed by atoms with Crippen LogP contribution in [0.2, 0.25) is 0 Å². The molecule has 3 rings (SSSR count). The lowest BCUT2D eigenvalue weighted by Crippen LogP contribution is -2.40. The lowest BCUT2D eigenvalue weighted by atomic mass is 9.98. The maximum atomic E-state index is 14.3. The Bertz CT molecular complexity index is 1060. The first-order valence-electron chi connectivity index (χ1n) is 10.4. The van der Waals surface area contributed by atoms with Gasteiger partial charge in [-0.3, -0.25) is 9.79 Å². The highest BCUT2D eigenvalue weighted by Gasteiger charge is 2.28. The number of halogens is 1. The molecular weight excluding hydrogens is 431 g/mol. The van der Waals surface area contributed by atoms with Gasteiger partial charge in [-0.2, -0.15) is 0 Å². The molecule has 2 heterocycles. The Morgan fingerprint density at radius 1 is 1.41 bits per heavy atom. The number of hydrogen-bond acceptors (Lipinski definition) is 7. The number of benzene rings is 1. The highest BCUT2D eigenvalue weighted by atomic mass is 32.1. The van der Waals surface area contributed by atoms with Gasteiger partial charge in [-0.1, -0.05) is 23.0 Å². The average molecular weight is 461 g/mol. The number of rotatable bonds is 4. The number of aryl methyl sites for hydroxylation is 1. The molecule has 0 spiro atoms. The van der Waals surface area contributed by atoms with E-state index in [0.29, 0.717) is 48.0 Å². The fraction of sp³-hybridized carbons (Fsp3) is 0.409. The van der Waals surface area contributed by atoms with E-state index < -0.39 is 17.3 Å². The molecule has 1 aromatic heterocycles. The van der Waals surface area contributed by atoms with Crippen molar-refractivity contribution < 1.29 is 14.3 Å². The number of nitrogens with one attached hydrogen (secondary N) is 1. The first-order chi connectivity index (χ1) is 15.1. The number of hydrogen-bond donors (Lipinski definition) is 4. The molecule has 6 N–H and O–H groups in total. The monoisotopic (exact) mass is 460 g/mol. The van der Waals surface area contributed by atoms with E-state index in [-0.39, 0.29) is 10.7 Å². The fourth-order valence-electron chi connectivity index (χ4n) is 3.67. The fourth-order valence-corrected chi connectivity index (χ4v) is 4.52. The number of aliphatic imine (C=N–C) groups is 1. The number of nitrogens with zero attached hydrogens (tertiary/aromatic N) is 3. The van der Waals surface area contributed by atoms with Gasteiger partial charge < -0.3 is 26.8 Å². The smallest absolute Gasteiger partial charge is 0.277 e. The minimum absolute atomic E-state index is 0.000455. The zero-order valence-electron chi connectivity index (χ0n) is 18.5. The van der Waals surface area contributed by atoms with Crippen molar-refractivity contribution in [3.05, 3.63) is 47.2 Å². The second-order valence-electron chi connectivity index (χ2n) is 8.13. The van der Waals surface area contributed by atoms with Gasteiger partial charge in [-0.05, 0) is 45.2 Å². The summed E-state index contributed by atoms with van der Waals surface area (Å²) in [6.07, 6.45) is 3.31. The highest BCUT2D eigenvalue weighted by molar-refractivity contribution is 7.19. The van der Waals surface area contributed by atoms with Gasteiger partial charge in [0.2, 0.25) is 0 Å². The Labute approximate surface area is 190 Å². The van der Waals surface area contributed by atoms with Crippen LogP contribution in [0.3, 0.4) is 0 Å². The molecule has 172 valence electrons. The van der Waals surface area contributed by atoms with E-state index in [4.69, 9.17) is 11.5 Å². The van der Waals surface area contributed by atoms with Crippen molar-refractivity contribution in [1.29, 1.82) is 0 Å². The SMILES string of the molecule is CN=C(/C(=C\N)NC(=O)c1nc(-c2cc(C)ccc2F)sc1N)N1CCCC(C)(O)CC1. The highest BCUT2D eigenvalue weighted by Crippen LogP contribution is 2.32. The molecule has 1 aliphatic heterocycles. The minimum Gasteiger partial charge on any atom is -0.403 e. The third-order valence-electron chi connectivity index (χ3n) is 5.45. The van der Waals surface area contributed by atoms with E-state index in [1.54, 1.807) is 19.2 Å². The molecule has 1 aromatic carbocycles. The summed E-state index contributed by atoms with van der Waals surface area (Å²) in [5.41, 5.74) is 12.6. The molecule has 1 saturated heterocycles. The first-order valence-corrected chi connectivity index (χ1v) is 11.2. The van der Waals surface area contributed by atoms with Crippen molar-refractivity contribution >= 4 is 28.1 Å². The maximum absolute atomic E-state index is 14.3. The van der Waals surface area contributed by atoms with Crippen LogP contribution in [0.15, 0.2) is 35.1 Å². The van der Waals surface area contributed by atoms with Gasteiger partial charge >= 0.3 is 0 Å². The van der Waals surface area contributed by atoms with Crippen LogP contribution in [0.1, 0.15) is 42.2 Å². The third-order valence-corrected chi connectivity index (χ3v) is 6.37. The lowest BCUT2D eigenvalue weighted by Gasteiger charge is -2.26. The topological polar surface area (TPSA) is 130 Å². The number of amides is 1. The Hall–Kier alpha value is -2.98. The zero-order valence-corrected chi connectivity index (χ0v) is 19.3. The number of nitrogens with two attached hydrogens (primary N) is 2. The van der Waals surface area contributed by atoms with Gasteiger partial charge in [0.15, 0.2) is 5.69 Å². The predicted octanol–water partition coefficient (Wildman–Crippen LogP) is 2.63. The number of carbonyl (C=O) groups excluding carboxylic acids is 1. The number of anilines is 1. The molecule has 2 aromatic rings. The third kappa shape index (κ3) is 5.25. The molecule has 10 heteroatoms. The number of aliphatic hydroxyl groups is 1. The molecule has 1 unspecified atom stereocenters. The summed E-state index contributed by atoms with van der Waals surface area (Å²) in [7, 11) is 1.61. The lowest BCUT2D eigenvalue weighted by molar-refractivity contribution is 0.0462. The molecule has 1 atom stereocenters. The van der Waals surface area contributed by atoms with Crippen LogP contribution in [0.5, 0.6) is 0 Å². The molecule has 0 saturated carbocycles. The van der Waals surface area contributed by atoms with Crippen LogP contribution in [0.4, 0.5) is 9.39 Å². The number of carbonyl (C=O) groups is 1. The number of amidine groups is 1. The van der Waals surface area contributed by atoms with Crippen LogP contribution in [0.25, 0.3) is 10.6 Å². The van der Waals surface area contributed by atoms with E-state index in [0.717, 1.165) is 23.3 Å². The standard InChI is InChI=1S/C22H29FN6O2S/c1-13-5-6-15(23)14(11-13)21-28-17(18(25)32-21)20(30)27-16(12-24)19(26-3)29-9-4-7-22(2,31)8-10-29/h5-6,11-12,31H,4,7-10,24-25H2,1-3H3,(H,27,30)/b16-12+,26-19?. The van der Waals surface area contributed by atoms with Gasteiger partial charge in [0, 0.05) is 31.9 Å². The van der Waals surface area contributed by atoms with Gasteiger partial charge in [-0.25, -0.2) is 9.37 Å².